The summed E-state index contributed by atoms with van der Waals surface area (Å²) in [7, 11) is 0. The Bertz CT molecular complexity index is 760. The summed E-state index contributed by atoms with van der Waals surface area (Å²) in [4.78, 5) is 0. The molecule has 0 amide bonds. The van der Waals surface area contributed by atoms with E-state index in [1.165, 1.54) is 11.6 Å². The van der Waals surface area contributed by atoms with Gasteiger partial charge in [0.05, 0.1) is 0 Å². The largest absolute Gasteiger partial charge is 0.206 e. The highest BCUT2D eigenvalue weighted by Crippen LogP contribution is 2.31. The van der Waals surface area contributed by atoms with Gasteiger partial charge in [0.1, 0.15) is 5.82 Å². The summed E-state index contributed by atoms with van der Waals surface area (Å²) >= 11 is 0. The molecule has 0 fully saturated rings. The van der Waals surface area contributed by atoms with E-state index < -0.39 is 11.6 Å². The fourth-order valence-corrected chi connectivity index (χ4v) is 3.06. The molecule has 0 heterocycles. The van der Waals surface area contributed by atoms with Crippen LogP contribution in [0, 0.1) is 17.5 Å². The van der Waals surface area contributed by atoms with Gasteiger partial charge in [-0.05, 0) is 66.6 Å². The van der Waals surface area contributed by atoms with Gasteiger partial charge < -0.3 is 0 Å². The molecule has 23 heavy (non-hydrogen) atoms. The third kappa shape index (κ3) is 3.34. The van der Waals surface area contributed by atoms with Crippen LogP contribution in [0.2, 0.25) is 0 Å². The summed E-state index contributed by atoms with van der Waals surface area (Å²) in [5, 5.41) is 0. The summed E-state index contributed by atoms with van der Waals surface area (Å²) in [6.07, 6.45) is 7.12. The maximum Gasteiger partial charge on any atom is 0.159 e. The van der Waals surface area contributed by atoms with Crippen molar-refractivity contribution < 1.29 is 13.2 Å². The maximum absolute atomic E-state index is 14.4. The average molecular weight is 316 g/mol. The van der Waals surface area contributed by atoms with Crippen molar-refractivity contribution in [3.8, 4) is 11.1 Å². The van der Waals surface area contributed by atoms with Crippen molar-refractivity contribution in [3.63, 3.8) is 0 Å². The molecular formula is C20H19F3. The van der Waals surface area contributed by atoms with E-state index in [4.69, 9.17) is 0 Å². The first kappa shape index (κ1) is 15.9. The van der Waals surface area contributed by atoms with E-state index in [1.54, 1.807) is 12.1 Å². The zero-order chi connectivity index (χ0) is 16.4. The Morgan fingerprint density at radius 3 is 2.48 bits per heavy atom. The van der Waals surface area contributed by atoms with E-state index in [0.717, 1.165) is 55.4 Å². The van der Waals surface area contributed by atoms with Crippen LogP contribution in [0.5, 0.6) is 0 Å². The average Bonchev–Trinajstić information content (AvgIpc) is 2.54. The number of rotatable bonds is 4. The van der Waals surface area contributed by atoms with Crippen molar-refractivity contribution in [3.05, 3.63) is 70.6 Å². The van der Waals surface area contributed by atoms with Gasteiger partial charge in [0.15, 0.2) is 11.6 Å². The zero-order valence-corrected chi connectivity index (χ0v) is 13.1. The van der Waals surface area contributed by atoms with Gasteiger partial charge in [-0.25, -0.2) is 13.2 Å². The van der Waals surface area contributed by atoms with Gasteiger partial charge in [-0.15, -0.1) is 0 Å². The molecule has 0 radical (unpaired) electrons. The third-order valence-corrected chi connectivity index (χ3v) is 4.40. The van der Waals surface area contributed by atoms with Gasteiger partial charge in [-0.1, -0.05) is 31.1 Å². The van der Waals surface area contributed by atoms with Crippen molar-refractivity contribution in [2.24, 2.45) is 0 Å². The lowest BCUT2D eigenvalue weighted by Gasteiger charge is -2.19. The minimum absolute atomic E-state index is 0.327. The summed E-state index contributed by atoms with van der Waals surface area (Å²) < 4.78 is 40.9. The molecule has 0 saturated carbocycles. The number of allylic oxidation sites excluding steroid dienone is 2. The molecule has 3 heteroatoms. The first-order valence-electron chi connectivity index (χ1n) is 8.03. The van der Waals surface area contributed by atoms with E-state index >= 15 is 0 Å². The highest BCUT2D eigenvalue weighted by Gasteiger charge is 2.16. The highest BCUT2D eigenvalue weighted by atomic mass is 19.2. The molecule has 0 bridgehead atoms. The van der Waals surface area contributed by atoms with Crippen LogP contribution in [0.4, 0.5) is 13.2 Å². The van der Waals surface area contributed by atoms with Crippen LogP contribution in [0.15, 0.2) is 42.0 Å². The number of unbranched alkanes of at least 4 members (excludes halogenated alkanes) is 1. The molecule has 0 N–H and O–H groups in total. The van der Waals surface area contributed by atoms with Crippen LogP contribution in [0.3, 0.4) is 0 Å². The summed E-state index contributed by atoms with van der Waals surface area (Å²) in [5.41, 5.74) is 4.12. The van der Waals surface area contributed by atoms with Crippen molar-refractivity contribution in [1.82, 2.24) is 0 Å². The Morgan fingerprint density at radius 1 is 0.913 bits per heavy atom. The van der Waals surface area contributed by atoms with Gasteiger partial charge in [0.25, 0.3) is 0 Å². The van der Waals surface area contributed by atoms with Crippen LogP contribution < -0.4 is 0 Å². The third-order valence-electron chi connectivity index (χ3n) is 4.40. The fourth-order valence-electron chi connectivity index (χ4n) is 3.06. The lowest BCUT2D eigenvalue weighted by Crippen LogP contribution is -2.05. The van der Waals surface area contributed by atoms with E-state index in [9.17, 15) is 13.2 Å². The summed E-state index contributed by atoms with van der Waals surface area (Å²) in [6.45, 7) is 2.16. The van der Waals surface area contributed by atoms with E-state index in [2.05, 4.69) is 13.0 Å². The summed E-state index contributed by atoms with van der Waals surface area (Å²) in [5.74, 6) is -2.26. The molecule has 0 aromatic heterocycles. The predicted molar refractivity (Wildman–Crippen MR) is 86.8 cm³/mol. The Balaban J connectivity index is 1.92. The van der Waals surface area contributed by atoms with Crippen LogP contribution >= 0.6 is 0 Å². The van der Waals surface area contributed by atoms with Gasteiger partial charge in [0.2, 0.25) is 0 Å². The predicted octanol–water partition coefficient (Wildman–Crippen LogP) is 5.99. The number of hydrogen-bond donors (Lipinski definition) is 0. The van der Waals surface area contributed by atoms with Crippen LogP contribution in [0.25, 0.3) is 11.1 Å². The van der Waals surface area contributed by atoms with Crippen molar-refractivity contribution >= 4 is 0 Å². The Hall–Kier alpha value is -2.03. The van der Waals surface area contributed by atoms with Gasteiger partial charge in [-0.3, -0.25) is 0 Å². The zero-order valence-electron chi connectivity index (χ0n) is 13.1. The fraction of sp³-hybridized carbons (Fsp3) is 0.300. The molecule has 2 aromatic rings. The topological polar surface area (TPSA) is 0 Å². The van der Waals surface area contributed by atoms with E-state index in [1.807, 2.05) is 0 Å². The first-order chi connectivity index (χ1) is 11.1. The van der Waals surface area contributed by atoms with Crippen LogP contribution in [0.1, 0.15) is 37.3 Å². The molecule has 0 saturated heterocycles. The van der Waals surface area contributed by atoms with Crippen molar-refractivity contribution in [2.45, 2.75) is 39.0 Å². The Labute approximate surface area is 134 Å². The minimum atomic E-state index is -0.957. The second-order valence-electron chi connectivity index (χ2n) is 6.08. The normalized spacial score (nSPS) is 13.7. The molecule has 0 aliphatic heterocycles. The lowest BCUT2D eigenvalue weighted by molar-refractivity contribution is 0.509. The van der Waals surface area contributed by atoms with Gasteiger partial charge in [-0.2, -0.15) is 0 Å². The van der Waals surface area contributed by atoms with Crippen molar-refractivity contribution in [1.29, 1.82) is 0 Å². The quantitative estimate of drug-likeness (QED) is 0.608. The second-order valence-corrected chi connectivity index (χ2v) is 6.08. The lowest BCUT2D eigenvalue weighted by atomic mass is 9.87. The van der Waals surface area contributed by atoms with Gasteiger partial charge in [0, 0.05) is 5.56 Å². The number of hydrogen-bond acceptors (Lipinski definition) is 0. The molecule has 2 aromatic carbocycles. The molecular weight excluding hydrogens is 297 g/mol. The maximum atomic E-state index is 14.4. The molecule has 1 aliphatic carbocycles. The monoisotopic (exact) mass is 316 g/mol. The molecule has 0 spiro atoms. The number of halogens is 3. The van der Waals surface area contributed by atoms with Crippen molar-refractivity contribution in [2.75, 3.05) is 0 Å². The minimum Gasteiger partial charge on any atom is -0.206 e. The Kier molecular flexibility index (Phi) is 4.56. The molecule has 120 valence electrons. The molecule has 0 unspecified atom stereocenters. The van der Waals surface area contributed by atoms with Crippen LogP contribution in [-0.2, 0) is 12.8 Å². The molecule has 0 nitrogen and oxygen atoms in total. The first-order valence-corrected chi connectivity index (χ1v) is 8.03. The molecule has 1 aliphatic rings. The summed E-state index contributed by atoms with van der Waals surface area (Å²) in [6, 6.07) is 6.81. The standard InChI is InChI=1S/C20H19F3/c1-2-3-4-13-5-6-14-10-17(19(22)12-16(14)9-13)15-7-8-18(21)20(23)11-15/h5,7-8,10-12H,2-4,6,9H2,1H3. The van der Waals surface area contributed by atoms with Gasteiger partial charge >= 0.3 is 0 Å². The number of benzene rings is 2. The van der Waals surface area contributed by atoms with Crippen LogP contribution in [-0.4, -0.2) is 0 Å². The second kappa shape index (κ2) is 6.61. The number of fused-ring (bicyclic) bond motifs is 1. The van der Waals surface area contributed by atoms with E-state index in [0.29, 0.717) is 11.1 Å². The van der Waals surface area contributed by atoms with E-state index in [-0.39, 0.29) is 5.82 Å². The highest BCUT2D eigenvalue weighted by molar-refractivity contribution is 5.66. The smallest absolute Gasteiger partial charge is 0.159 e. The molecule has 0 atom stereocenters. The Morgan fingerprint density at radius 2 is 1.74 bits per heavy atom. The SMILES string of the molecule is CCCCC1=CCc2cc(-c3ccc(F)c(F)c3)c(F)cc2C1. The molecule has 3 rings (SSSR count).